The van der Waals surface area contributed by atoms with Gasteiger partial charge in [0.25, 0.3) is 11.6 Å². The largest absolute Gasteiger partial charge is 0.369 e. The minimum absolute atomic E-state index is 0.0255. The van der Waals surface area contributed by atoms with Crippen molar-refractivity contribution in [2.45, 2.75) is 19.4 Å². The number of hydrogen-bond donors (Lipinski definition) is 1. The van der Waals surface area contributed by atoms with Crippen molar-refractivity contribution in [3.8, 4) is 0 Å². The maximum atomic E-state index is 14.5. The Morgan fingerprint density at radius 3 is 2.43 bits per heavy atom. The first-order chi connectivity index (χ1) is 14.4. The number of imide groups is 1. The van der Waals surface area contributed by atoms with Crippen LogP contribution in [-0.2, 0) is 11.3 Å². The predicted octanol–water partition coefficient (Wildman–Crippen LogP) is 3.43. The van der Waals surface area contributed by atoms with Crippen molar-refractivity contribution in [1.82, 2.24) is 10.2 Å². The van der Waals surface area contributed by atoms with Crippen LogP contribution in [0.3, 0.4) is 0 Å². The molecule has 0 unspecified atom stereocenters. The first kappa shape index (κ1) is 19.6. The molecule has 0 radical (unpaired) electrons. The maximum absolute atomic E-state index is 14.5. The minimum atomic E-state index is -0.598. The summed E-state index contributed by atoms with van der Waals surface area (Å²) in [5.41, 5.74) is 1.56. The molecule has 154 valence electrons. The molecular weight excluding hydrogens is 391 g/mol. The standard InChI is InChI=1S/C21H19FN4O4/c22-17-11-15(5-8-19(17)24-9-1-2-10-24)12-18-20(27)25(21(28)23-18)13-14-3-6-16(7-4-14)26(29)30/h3-8,11-12H,1-2,9-10,13H2,(H,23,28)/b18-12+. The third-order valence-electron chi connectivity index (χ3n) is 5.18. The van der Waals surface area contributed by atoms with Crippen molar-refractivity contribution in [2.24, 2.45) is 0 Å². The summed E-state index contributed by atoms with van der Waals surface area (Å²) in [5, 5.41) is 13.2. The van der Waals surface area contributed by atoms with Gasteiger partial charge in [-0.3, -0.25) is 19.8 Å². The van der Waals surface area contributed by atoms with Gasteiger partial charge in [0.05, 0.1) is 17.2 Å². The lowest BCUT2D eigenvalue weighted by Gasteiger charge is -2.18. The van der Waals surface area contributed by atoms with Gasteiger partial charge in [-0.2, -0.15) is 0 Å². The number of benzene rings is 2. The molecule has 1 N–H and O–H groups in total. The van der Waals surface area contributed by atoms with E-state index in [1.165, 1.54) is 36.4 Å². The zero-order valence-corrected chi connectivity index (χ0v) is 16.0. The highest BCUT2D eigenvalue weighted by Crippen LogP contribution is 2.26. The van der Waals surface area contributed by atoms with Crippen LogP contribution in [0, 0.1) is 15.9 Å². The highest BCUT2D eigenvalue weighted by Gasteiger charge is 2.33. The number of carbonyl (C=O) groups excluding carboxylic acids is 2. The number of carbonyl (C=O) groups is 2. The Labute approximate surface area is 171 Å². The third kappa shape index (κ3) is 3.86. The summed E-state index contributed by atoms with van der Waals surface area (Å²) in [6.45, 7) is 1.62. The van der Waals surface area contributed by atoms with Crippen molar-refractivity contribution in [1.29, 1.82) is 0 Å². The molecule has 9 heteroatoms. The monoisotopic (exact) mass is 410 g/mol. The van der Waals surface area contributed by atoms with E-state index in [0.29, 0.717) is 16.8 Å². The molecular formula is C21H19FN4O4. The number of rotatable bonds is 5. The number of halogens is 1. The van der Waals surface area contributed by atoms with Crippen molar-refractivity contribution in [3.63, 3.8) is 0 Å². The van der Waals surface area contributed by atoms with E-state index in [-0.39, 0.29) is 23.7 Å². The highest BCUT2D eigenvalue weighted by molar-refractivity contribution is 6.13. The molecule has 2 heterocycles. The van der Waals surface area contributed by atoms with Gasteiger partial charge in [-0.25, -0.2) is 9.18 Å². The number of urea groups is 1. The molecule has 4 rings (SSSR count). The third-order valence-corrected chi connectivity index (χ3v) is 5.18. The van der Waals surface area contributed by atoms with Gasteiger partial charge in [-0.05, 0) is 42.2 Å². The van der Waals surface area contributed by atoms with E-state index in [0.717, 1.165) is 30.8 Å². The fourth-order valence-corrected chi connectivity index (χ4v) is 3.61. The molecule has 8 nitrogen and oxygen atoms in total. The number of nitro benzene ring substituents is 1. The van der Waals surface area contributed by atoms with Gasteiger partial charge in [-0.1, -0.05) is 18.2 Å². The van der Waals surface area contributed by atoms with E-state index in [4.69, 9.17) is 0 Å². The van der Waals surface area contributed by atoms with Crippen molar-refractivity contribution < 1.29 is 18.9 Å². The average Bonchev–Trinajstić information content (AvgIpc) is 3.33. The summed E-state index contributed by atoms with van der Waals surface area (Å²) in [5.74, 6) is -0.909. The van der Waals surface area contributed by atoms with E-state index < -0.39 is 16.9 Å². The summed E-state index contributed by atoms with van der Waals surface area (Å²) in [7, 11) is 0. The topological polar surface area (TPSA) is 95.8 Å². The zero-order valence-electron chi connectivity index (χ0n) is 16.0. The number of nitrogens with zero attached hydrogens (tertiary/aromatic N) is 3. The molecule has 30 heavy (non-hydrogen) atoms. The van der Waals surface area contributed by atoms with Crippen molar-refractivity contribution in [2.75, 3.05) is 18.0 Å². The second-order valence-corrected chi connectivity index (χ2v) is 7.21. The first-order valence-electron chi connectivity index (χ1n) is 9.55. The van der Waals surface area contributed by atoms with Crippen molar-refractivity contribution in [3.05, 3.63) is 75.2 Å². The Balaban J connectivity index is 1.49. The summed E-state index contributed by atoms with van der Waals surface area (Å²) in [6.07, 6.45) is 3.51. The highest BCUT2D eigenvalue weighted by atomic mass is 19.1. The molecule has 2 fully saturated rings. The molecule has 2 saturated heterocycles. The molecule has 2 aromatic carbocycles. The Morgan fingerprint density at radius 1 is 1.10 bits per heavy atom. The second-order valence-electron chi connectivity index (χ2n) is 7.21. The van der Waals surface area contributed by atoms with Crippen LogP contribution in [0.2, 0.25) is 0 Å². The van der Waals surface area contributed by atoms with E-state index in [1.54, 1.807) is 12.1 Å². The smallest absolute Gasteiger partial charge is 0.329 e. The lowest BCUT2D eigenvalue weighted by Crippen LogP contribution is -2.30. The minimum Gasteiger partial charge on any atom is -0.369 e. The number of non-ortho nitro benzene ring substituents is 1. The van der Waals surface area contributed by atoms with E-state index in [2.05, 4.69) is 5.32 Å². The van der Waals surface area contributed by atoms with Gasteiger partial charge in [0.15, 0.2) is 0 Å². The maximum Gasteiger partial charge on any atom is 0.329 e. The lowest BCUT2D eigenvalue weighted by atomic mass is 10.1. The lowest BCUT2D eigenvalue weighted by molar-refractivity contribution is -0.384. The molecule has 0 spiro atoms. The summed E-state index contributed by atoms with van der Waals surface area (Å²) < 4.78 is 14.5. The van der Waals surface area contributed by atoms with Crippen molar-refractivity contribution >= 4 is 29.4 Å². The fourth-order valence-electron chi connectivity index (χ4n) is 3.61. The van der Waals surface area contributed by atoms with E-state index >= 15 is 0 Å². The Bertz CT molecular complexity index is 1050. The van der Waals surface area contributed by atoms with Gasteiger partial charge >= 0.3 is 6.03 Å². The molecule has 0 aliphatic carbocycles. The van der Waals surface area contributed by atoms with Crippen LogP contribution in [0.1, 0.15) is 24.0 Å². The molecule has 2 aliphatic rings. The molecule has 0 bridgehead atoms. The quantitative estimate of drug-likeness (QED) is 0.353. The second kappa shape index (κ2) is 7.94. The van der Waals surface area contributed by atoms with Crippen LogP contribution in [0.25, 0.3) is 6.08 Å². The number of amides is 3. The number of nitrogens with one attached hydrogen (secondary N) is 1. The molecule has 0 saturated carbocycles. The van der Waals surface area contributed by atoms with Gasteiger partial charge in [-0.15, -0.1) is 0 Å². The summed E-state index contributed by atoms with van der Waals surface area (Å²) >= 11 is 0. The average molecular weight is 410 g/mol. The summed E-state index contributed by atoms with van der Waals surface area (Å²) in [4.78, 5) is 38.1. The normalized spacial score (nSPS) is 17.7. The van der Waals surface area contributed by atoms with E-state index in [9.17, 15) is 24.1 Å². The van der Waals surface area contributed by atoms with Gasteiger partial charge in [0, 0.05) is 25.2 Å². The molecule has 2 aliphatic heterocycles. The number of nitro groups is 1. The van der Waals surface area contributed by atoms with Crippen LogP contribution < -0.4 is 10.2 Å². The van der Waals surface area contributed by atoms with E-state index in [1.807, 2.05) is 4.90 Å². The summed E-state index contributed by atoms with van der Waals surface area (Å²) in [6, 6.07) is 9.76. The Kier molecular flexibility index (Phi) is 5.18. The van der Waals surface area contributed by atoms with Crippen LogP contribution >= 0.6 is 0 Å². The van der Waals surface area contributed by atoms with Gasteiger partial charge in [0.1, 0.15) is 11.5 Å². The number of anilines is 1. The molecule has 0 aromatic heterocycles. The fraction of sp³-hybridized carbons (Fsp3) is 0.238. The Morgan fingerprint density at radius 2 is 1.80 bits per heavy atom. The molecule has 2 aromatic rings. The molecule has 0 atom stereocenters. The molecule has 3 amide bonds. The van der Waals surface area contributed by atoms with Crippen LogP contribution in [-0.4, -0.2) is 34.9 Å². The SMILES string of the molecule is O=C1N/C(=C/c2ccc(N3CCCC3)c(F)c2)C(=O)N1Cc1ccc([N+](=O)[O-])cc1. The van der Waals surface area contributed by atoms with Crippen LogP contribution in [0.4, 0.5) is 20.6 Å². The Hall–Kier alpha value is -3.75. The van der Waals surface area contributed by atoms with Gasteiger partial charge < -0.3 is 10.2 Å². The van der Waals surface area contributed by atoms with Crippen LogP contribution in [0.5, 0.6) is 0 Å². The van der Waals surface area contributed by atoms with Gasteiger partial charge in [0.2, 0.25) is 0 Å². The predicted molar refractivity (Wildman–Crippen MR) is 108 cm³/mol. The zero-order chi connectivity index (χ0) is 21.3. The number of hydrogen-bond acceptors (Lipinski definition) is 5. The first-order valence-corrected chi connectivity index (χ1v) is 9.55. The van der Waals surface area contributed by atoms with Crippen LogP contribution in [0.15, 0.2) is 48.2 Å².